The second kappa shape index (κ2) is 4.99. The highest BCUT2D eigenvalue weighted by Crippen LogP contribution is 2.65. The van der Waals surface area contributed by atoms with Crippen LogP contribution in [0.25, 0.3) is 0 Å². The Kier molecular flexibility index (Phi) is 3.32. The van der Waals surface area contributed by atoms with Gasteiger partial charge in [0.2, 0.25) is 0 Å². The molecule has 1 saturated heterocycles. The summed E-state index contributed by atoms with van der Waals surface area (Å²) in [5.41, 5.74) is 0.735. The smallest absolute Gasteiger partial charge is 0.496 e. The molecule has 3 saturated carbocycles. The Morgan fingerprint density at radius 1 is 1.33 bits per heavy atom. The predicted molar refractivity (Wildman–Crippen MR) is 89.7 cm³/mol. The Labute approximate surface area is 142 Å². The topological polar surface area (TPSA) is 65.0 Å². The lowest BCUT2D eigenvalue weighted by molar-refractivity contribution is -0.199. The summed E-state index contributed by atoms with van der Waals surface area (Å²) in [6.45, 7) is 6.78. The maximum atomic E-state index is 11.4. The van der Waals surface area contributed by atoms with Crippen molar-refractivity contribution in [1.82, 2.24) is 0 Å². The summed E-state index contributed by atoms with van der Waals surface area (Å²) in [5, 5.41) is 9.38. The number of aromatic carboxylic acids is 1. The molecule has 0 radical (unpaired) electrons. The lowest BCUT2D eigenvalue weighted by Gasteiger charge is -2.64. The highest BCUT2D eigenvalue weighted by molar-refractivity contribution is 6.63. The average molecular weight is 330 g/mol. The summed E-state index contributed by atoms with van der Waals surface area (Å²) < 4.78 is 18.0. The van der Waals surface area contributed by atoms with E-state index in [1.807, 2.05) is 6.07 Å². The van der Waals surface area contributed by atoms with E-state index in [0.717, 1.165) is 6.42 Å². The zero-order valence-corrected chi connectivity index (χ0v) is 14.5. The number of carbonyl (C=O) groups is 1. The van der Waals surface area contributed by atoms with Crippen molar-refractivity contribution in [3.05, 3.63) is 23.8 Å². The van der Waals surface area contributed by atoms with Crippen LogP contribution in [0.4, 0.5) is 0 Å². The number of ether oxygens (including phenoxy) is 1. The van der Waals surface area contributed by atoms with Crippen molar-refractivity contribution in [2.24, 2.45) is 17.3 Å². The molecule has 24 heavy (non-hydrogen) atoms. The molecule has 0 spiro atoms. The fourth-order valence-corrected chi connectivity index (χ4v) is 5.14. The molecule has 1 unspecified atom stereocenters. The molecule has 1 N–H and O–H groups in total. The number of benzene rings is 1. The van der Waals surface area contributed by atoms with Gasteiger partial charge in [-0.2, -0.15) is 0 Å². The maximum Gasteiger partial charge on any atom is 0.498 e. The number of carboxylic acids is 1. The summed E-state index contributed by atoms with van der Waals surface area (Å²) in [7, 11) is 0.902. The molecule has 1 heterocycles. The van der Waals surface area contributed by atoms with Gasteiger partial charge in [0.15, 0.2) is 0 Å². The second-order valence-corrected chi connectivity index (χ2v) is 8.03. The fourth-order valence-electron chi connectivity index (χ4n) is 5.14. The number of para-hydroxylation sites is 1. The van der Waals surface area contributed by atoms with Gasteiger partial charge in [-0.15, -0.1) is 0 Å². The first kappa shape index (κ1) is 16.0. The molecule has 128 valence electrons. The maximum absolute atomic E-state index is 11.4. The van der Waals surface area contributed by atoms with Crippen LogP contribution in [0.5, 0.6) is 5.75 Å². The predicted octanol–water partition coefficient (Wildman–Crippen LogP) is 2.33. The number of methoxy groups -OCH3 is 1. The van der Waals surface area contributed by atoms with E-state index in [4.69, 9.17) is 14.0 Å². The summed E-state index contributed by atoms with van der Waals surface area (Å²) in [6.07, 6.45) is 2.23. The van der Waals surface area contributed by atoms with Gasteiger partial charge in [-0.05, 0) is 43.1 Å². The van der Waals surface area contributed by atoms with Crippen molar-refractivity contribution in [2.75, 3.05) is 7.11 Å². The van der Waals surface area contributed by atoms with Crippen LogP contribution in [0.15, 0.2) is 18.2 Å². The summed E-state index contributed by atoms with van der Waals surface area (Å²) in [5.74, 6) is 0.449. The molecule has 1 aromatic carbocycles. The molecule has 0 aromatic heterocycles. The van der Waals surface area contributed by atoms with Crippen molar-refractivity contribution >= 4 is 18.6 Å². The van der Waals surface area contributed by atoms with E-state index < -0.39 is 13.1 Å². The van der Waals surface area contributed by atoms with Gasteiger partial charge in [-0.25, -0.2) is 4.79 Å². The standard InChI is InChI=1S/C18H23BO5/c1-17(2)10-8-13(17)18(3)14(9-10)23-19(24-18)12-7-5-6-11(16(20)21)15(12)22-4/h5-7,10,13-14H,8-9H2,1-4H3,(H,20,21)/t10-,13-,14?,18-/m0/s1. The molecule has 6 heteroatoms. The molecule has 4 aliphatic rings. The molecule has 4 atom stereocenters. The zero-order valence-electron chi connectivity index (χ0n) is 14.5. The third kappa shape index (κ3) is 1.93. The Morgan fingerprint density at radius 2 is 2.08 bits per heavy atom. The SMILES string of the molecule is COc1c(B2OC3C[C@@H]4C[C@@H](C4(C)C)[C@]3(C)O2)cccc1C(=O)O. The Bertz CT molecular complexity index is 703. The van der Waals surface area contributed by atoms with E-state index >= 15 is 0 Å². The van der Waals surface area contributed by atoms with Crippen LogP contribution in [0.3, 0.4) is 0 Å². The lowest BCUT2D eigenvalue weighted by atomic mass is 9.43. The van der Waals surface area contributed by atoms with E-state index in [1.165, 1.54) is 19.6 Å². The van der Waals surface area contributed by atoms with Crippen LogP contribution in [-0.4, -0.2) is 37.0 Å². The third-order valence-electron chi connectivity index (χ3n) is 6.68. The average Bonchev–Trinajstić information content (AvgIpc) is 2.90. The van der Waals surface area contributed by atoms with Crippen LogP contribution < -0.4 is 10.2 Å². The molecule has 4 fully saturated rings. The summed E-state index contributed by atoms with van der Waals surface area (Å²) in [4.78, 5) is 11.4. The fraction of sp³-hybridized carbons (Fsp3) is 0.611. The van der Waals surface area contributed by atoms with Crippen LogP contribution >= 0.6 is 0 Å². The quantitative estimate of drug-likeness (QED) is 0.862. The van der Waals surface area contributed by atoms with E-state index in [-0.39, 0.29) is 22.7 Å². The summed E-state index contributed by atoms with van der Waals surface area (Å²) in [6, 6.07) is 5.07. The van der Waals surface area contributed by atoms with Gasteiger partial charge in [0, 0.05) is 5.46 Å². The molecular weight excluding hydrogens is 307 g/mol. The highest BCUT2D eigenvalue weighted by Gasteiger charge is 2.68. The zero-order chi connectivity index (χ0) is 17.3. The van der Waals surface area contributed by atoms with Crippen molar-refractivity contribution < 1.29 is 23.9 Å². The first-order chi connectivity index (χ1) is 11.3. The highest BCUT2D eigenvalue weighted by atomic mass is 16.7. The van der Waals surface area contributed by atoms with Gasteiger partial charge in [0.1, 0.15) is 11.3 Å². The van der Waals surface area contributed by atoms with Crippen molar-refractivity contribution in [2.45, 2.75) is 45.3 Å². The van der Waals surface area contributed by atoms with Gasteiger partial charge in [-0.3, -0.25) is 0 Å². The minimum Gasteiger partial charge on any atom is -0.496 e. The van der Waals surface area contributed by atoms with Crippen LogP contribution in [-0.2, 0) is 9.31 Å². The third-order valence-corrected chi connectivity index (χ3v) is 6.68. The van der Waals surface area contributed by atoms with Crippen LogP contribution in [0.1, 0.15) is 44.0 Å². The van der Waals surface area contributed by atoms with Gasteiger partial charge in [-0.1, -0.05) is 26.0 Å². The first-order valence-electron chi connectivity index (χ1n) is 8.52. The van der Waals surface area contributed by atoms with Gasteiger partial charge in [0.25, 0.3) is 0 Å². The first-order valence-corrected chi connectivity index (χ1v) is 8.52. The minimum atomic E-state index is -1.02. The molecule has 1 aromatic rings. The van der Waals surface area contributed by atoms with E-state index in [0.29, 0.717) is 23.0 Å². The molecule has 5 nitrogen and oxygen atoms in total. The molecule has 2 bridgehead atoms. The van der Waals surface area contributed by atoms with Crippen molar-refractivity contribution in [1.29, 1.82) is 0 Å². The Morgan fingerprint density at radius 3 is 2.71 bits per heavy atom. The van der Waals surface area contributed by atoms with Crippen molar-refractivity contribution in [3.8, 4) is 5.75 Å². The Balaban J connectivity index is 1.69. The number of carboxylic acid groups (broad SMARTS) is 1. The molecule has 5 rings (SSSR count). The number of hydrogen-bond acceptors (Lipinski definition) is 4. The molecule has 3 aliphatic carbocycles. The van der Waals surface area contributed by atoms with E-state index in [2.05, 4.69) is 20.8 Å². The van der Waals surface area contributed by atoms with Gasteiger partial charge >= 0.3 is 13.1 Å². The largest absolute Gasteiger partial charge is 0.498 e. The van der Waals surface area contributed by atoms with E-state index in [9.17, 15) is 9.90 Å². The normalized spacial score (nSPS) is 36.0. The molecule has 0 amide bonds. The molecule has 1 aliphatic heterocycles. The Hall–Kier alpha value is -1.53. The minimum absolute atomic E-state index is 0.0532. The second-order valence-electron chi connectivity index (χ2n) is 8.03. The summed E-state index contributed by atoms with van der Waals surface area (Å²) >= 11 is 0. The van der Waals surface area contributed by atoms with E-state index in [1.54, 1.807) is 6.07 Å². The number of rotatable bonds is 3. The van der Waals surface area contributed by atoms with Crippen molar-refractivity contribution in [3.63, 3.8) is 0 Å². The van der Waals surface area contributed by atoms with Gasteiger partial charge in [0.05, 0.1) is 18.8 Å². The van der Waals surface area contributed by atoms with Gasteiger partial charge < -0.3 is 19.2 Å². The number of hydrogen-bond donors (Lipinski definition) is 1. The monoisotopic (exact) mass is 330 g/mol. The molecular formula is C18H23BO5. The van der Waals surface area contributed by atoms with Crippen LogP contribution in [0, 0.1) is 17.3 Å². The van der Waals surface area contributed by atoms with Crippen LogP contribution in [0.2, 0.25) is 0 Å². The lowest BCUT2D eigenvalue weighted by Crippen LogP contribution is -2.65.